The highest BCUT2D eigenvalue weighted by molar-refractivity contribution is 7.51. The van der Waals surface area contributed by atoms with Crippen LogP contribution in [0.15, 0.2) is 0 Å². The van der Waals surface area contributed by atoms with Crippen LogP contribution in [0, 0.1) is 0 Å². The molecule has 0 amide bonds. The van der Waals surface area contributed by atoms with Crippen molar-refractivity contribution in [1.82, 2.24) is 0 Å². The van der Waals surface area contributed by atoms with Gasteiger partial charge in [-0.3, -0.25) is 0 Å². The Hall–Kier alpha value is -0.220. The lowest BCUT2D eigenvalue weighted by Gasteiger charge is -2.12. The van der Waals surface area contributed by atoms with Crippen LogP contribution in [0.4, 0.5) is 0 Å². The number of rotatable bonds is 5. The minimum absolute atomic E-state index is 0.0378. The molecule has 0 N–H and O–H groups in total. The van der Waals surface area contributed by atoms with Crippen molar-refractivity contribution >= 4 is 7.53 Å². The van der Waals surface area contributed by atoms with Crippen LogP contribution in [0.25, 0.3) is 0 Å². The van der Waals surface area contributed by atoms with Crippen molar-refractivity contribution in [2.45, 2.75) is 72.9 Å². The van der Waals surface area contributed by atoms with Crippen molar-refractivity contribution in [2.24, 2.45) is 0 Å². The molecule has 0 spiro atoms. The summed E-state index contributed by atoms with van der Waals surface area (Å²) in [6.07, 6.45) is 5.00. The molecule has 0 saturated carbocycles. The van der Waals surface area contributed by atoms with Crippen LogP contribution >= 0.6 is 7.53 Å². The van der Waals surface area contributed by atoms with Gasteiger partial charge in [-0.25, -0.2) is 0 Å². The summed E-state index contributed by atoms with van der Waals surface area (Å²) in [6.45, 7) is 14.1. The minimum Gasteiger partial charge on any atom is -0.115 e. The van der Waals surface area contributed by atoms with Crippen molar-refractivity contribution < 1.29 is 0 Å². The first-order valence-electron chi connectivity index (χ1n) is 6.85. The molecular formula is C15H27P. The van der Waals surface area contributed by atoms with Crippen molar-refractivity contribution in [3.8, 4) is 0 Å². The molecule has 0 aliphatic heterocycles. The third-order valence-electron chi connectivity index (χ3n) is 3.54. The lowest BCUT2D eigenvalue weighted by molar-refractivity contribution is 0.992. The molecule has 1 heteroatoms. The van der Waals surface area contributed by atoms with Crippen LogP contribution in [0.3, 0.4) is 0 Å². The molecule has 0 saturated heterocycles. The third kappa shape index (κ3) is 2.23. The van der Waals surface area contributed by atoms with Crippen molar-refractivity contribution in [3.63, 3.8) is 0 Å². The van der Waals surface area contributed by atoms with Gasteiger partial charge >= 0.3 is 0 Å². The van der Waals surface area contributed by atoms with E-state index in [1.54, 1.807) is 21.7 Å². The van der Waals surface area contributed by atoms with Gasteiger partial charge in [0.05, 0.1) is 0 Å². The minimum atomic E-state index is 0.0378. The summed E-state index contributed by atoms with van der Waals surface area (Å²) >= 11 is 0. The van der Waals surface area contributed by atoms with E-state index in [-0.39, 0.29) is 7.53 Å². The normalized spacial score (nSPS) is 11.4. The zero-order valence-electron chi connectivity index (χ0n) is 11.9. The van der Waals surface area contributed by atoms with Gasteiger partial charge in [-0.15, -0.1) is 7.53 Å². The fourth-order valence-corrected chi connectivity index (χ4v) is 6.45. The average molecular weight is 238 g/mol. The fourth-order valence-electron chi connectivity index (χ4n) is 3.03. The van der Waals surface area contributed by atoms with Crippen LogP contribution in [0.2, 0.25) is 0 Å². The predicted molar refractivity (Wildman–Crippen MR) is 77.0 cm³/mol. The van der Waals surface area contributed by atoms with Crippen LogP contribution in [-0.2, 0) is 25.7 Å². The third-order valence-corrected chi connectivity index (χ3v) is 6.90. The smallest absolute Gasteiger partial charge is 0.00773 e. The topological polar surface area (TPSA) is 0 Å². The van der Waals surface area contributed by atoms with E-state index in [2.05, 4.69) is 41.5 Å². The van der Waals surface area contributed by atoms with Gasteiger partial charge < -0.3 is 0 Å². The van der Waals surface area contributed by atoms with Crippen LogP contribution in [0.5, 0.6) is 0 Å². The zero-order chi connectivity index (χ0) is 12.3. The largest absolute Gasteiger partial charge is 0.115 e. The van der Waals surface area contributed by atoms with Gasteiger partial charge in [-0.2, -0.15) is 0 Å². The molecule has 92 valence electrons. The van der Waals surface area contributed by atoms with Gasteiger partial charge in [0, 0.05) is 0 Å². The summed E-state index contributed by atoms with van der Waals surface area (Å²) in [5.74, 6) is 0. The molecule has 0 aromatic carbocycles. The molecule has 0 unspecified atom stereocenters. The summed E-state index contributed by atoms with van der Waals surface area (Å²) in [4.78, 5) is 0. The molecule has 0 atom stereocenters. The van der Waals surface area contributed by atoms with Crippen molar-refractivity contribution in [3.05, 3.63) is 21.7 Å². The second kappa shape index (κ2) is 5.92. The molecule has 1 aromatic rings. The Bertz CT molecular complexity index is 315. The van der Waals surface area contributed by atoms with Crippen LogP contribution < -0.4 is 0 Å². The molecule has 0 aliphatic carbocycles. The van der Waals surface area contributed by atoms with E-state index < -0.39 is 0 Å². The van der Waals surface area contributed by atoms with E-state index in [1.165, 1.54) is 25.7 Å². The first-order valence-corrected chi connectivity index (χ1v) is 8.26. The number of hydrogen-bond donors (Lipinski definition) is 0. The maximum Gasteiger partial charge on any atom is -0.00773 e. The van der Waals surface area contributed by atoms with E-state index in [0.717, 1.165) is 5.66 Å². The Morgan fingerprint density at radius 1 is 0.750 bits per heavy atom. The highest BCUT2D eigenvalue weighted by Gasteiger charge is 2.20. The Morgan fingerprint density at radius 2 is 1.12 bits per heavy atom. The molecule has 1 aromatic heterocycles. The first-order chi connectivity index (χ1) is 7.62. The maximum atomic E-state index is 2.41. The van der Waals surface area contributed by atoms with Crippen molar-refractivity contribution in [1.29, 1.82) is 0 Å². The monoisotopic (exact) mass is 238 g/mol. The Morgan fingerprint density at radius 3 is 1.31 bits per heavy atom. The van der Waals surface area contributed by atoms with Gasteiger partial charge in [-0.05, 0) is 53.1 Å². The molecule has 1 heterocycles. The van der Waals surface area contributed by atoms with E-state index in [1.807, 2.05) is 0 Å². The Balaban J connectivity index is 3.49. The molecule has 0 bridgehead atoms. The molecule has 0 radical (unpaired) electrons. The lowest BCUT2D eigenvalue weighted by atomic mass is 10.0. The summed E-state index contributed by atoms with van der Waals surface area (Å²) in [5, 5.41) is 3.61. The van der Waals surface area contributed by atoms with Crippen LogP contribution in [-0.4, -0.2) is 0 Å². The van der Waals surface area contributed by atoms with Gasteiger partial charge in [0.25, 0.3) is 0 Å². The molecule has 0 fully saturated rings. The number of hydrogen-bond acceptors (Lipinski definition) is 0. The lowest BCUT2D eigenvalue weighted by Crippen LogP contribution is -1.91. The van der Waals surface area contributed by atoms with Gasteiger partial charge in [0.15, 0.2) is 0 Å². The van der Waals surface area contributed by atoms with E-state index >= 15 is 0 Å². The van der Waals surface area contributed by atoms with Crippen molar-refractivity contribution in [2.75, 3.05) is 0 Å². The quantitative estimate of drug-likeness (QED) is 0.635. The maximum absolute atomic E-state index is 2.41. The van der Waals surface area contributed by atoms with E-state index in [9.17, 15) is 0 Å². The Labute approximate surface area is 103 Å². The second-order valence-electron chi connectivity index (χ2n) is 4.73. The second-order valence-corrected chi connectivity index (χ2v) is 7.58. The molecule has 1 rings (SSSR count). The standard InChI is InChI=1S/C15H27P/c1-7-12-13(8-2)15(10-4)16(11(5)6)14(12)9-3/h11H,7-10H2,1-6H3. The van der Waals surface area contributed by atoms with Gasteiger partial charge in [-0.1, -0.05) is 41.5 Å². The highest BCUT2D eigenvalue weighted by Crippen LogP contribution is 2.53. The SMILES string of the molecule is CCc1c(CC)c(CC)p(C(C)C)c1CC. The molecule has 0 nitrogen and oxygen atoms in total. The van der Waals surface area contributed by atoms with E-state index in [0.29, 0.717) is 0 Å². The molecule has 16 heavy (non-hydrogen) atoms. The van der Waals surface area contributed by atoms with Gasteiger partial charge in [0.2, 0.25) is 0 Å². The summed E-state index contributed by atoms with van der Waals surface area (Å²) in [7, 11) is 0.0378. The van der Waals surface area contributed by atoms with E-state index in [4.69, 9.17) is 0 Å². The summed E-state index contributed by atoms with van der Waals surface area (Å²) < 4.78 is 0. The van der Waals surface area contributed by atoms with Gasteiger partial charge in [0.1, 0.15) is 0 Å². The molecule has 0 aliphatic rings. The first kappa shape index (κ1) is 13.8. The fraction of sp³-hybridized carbons (Fsp3) is 0.733. The van der Waals surface area contributed by atoms with Crippen LogP contribution in [0.1, 0.15) is 68.9 Å². The Kier molecular flexibility index (Phi) is 5.12. The zero-order valence-corrected chi connectivity index (χ0v) is 12.7. The predicted octanol–water partition coefficient (Wildman–Crippen LogP) is 5.50. The summed E-state index contributed by atoms with van der Waals surface area (Å²) in [5.41, 5.74) is 4.27. The summed E-state index contributed by atoms with van der Waals surface area (Å²) in [6, 6.07) is 0. The highest BCUT2D eigenvalue weighted by atomic mass is 31.1. The average Bonchev–Trinajstić information content (AvgIpc) is 2.60. The molecular weight excluding hydrogens is 211 g/mol.